The van der Waals surface area contributed by atoms with Crippen LogP contribution in [0.2, 0.25) is 5.02 Å². The minimum Gasteiger partial charge on any atom is -0.444 e. The molecule has 156 valence electrons. The Morgan fingerprint density at radius 3 is 2.38 bits per heavy atom. The fraction of sp³-hybridized carbons (Fsp3) is 0.381. The zero-order chi connectivity index (χ0) is 21.4. The number of carbonyl (C=O) groups is 1. The van der Waals surface area contributed by atoms with Gasteiger partial charge in [0.05, 0.1) is 10.4 Å². The van der Waals surface area contributed by atoms with Crippen LogP contribution in [0.15, 0.2) is 59.5 Å². The largest absolute Gasteiger partial charge is 0.444 e. The molecule has 0 saturated heterocycles. The van der Waals surface area contributed by atoms with E-state index >= 15 is 0 Å². The van der Waals surface area contributed by atoms with Crippen LogP contribution in [0.25, 0.3) is 0 Å². The Kier molecular flexibility index (Phi) is 5.69. The Balaban J connectivity index is 2.04. The molecule has 2 aromatic carbocycles. The molecule has 0 radical (unpaired) electrons. The summed E-state index contributed by atoms with van der Waals surface area (Å²) in [7, 11) is -3.78. The minimum absolute atomic E-state index is 0.0693. The molecule has 1 amide bonds. The quantitative estimate of drug-likeness (QED) is 0.747. The van der Waals surface area contributed by atoms with Crippen molar-refractivity contribution in [2.45, 2.75) is 48.0 Å². The molecule has 0 aromatic heterocycles. The number of ether oxygens (including phenoxy) is 1. The molecule has 8 heteroatoms. The number of halogens is 1. The summed E-state index contributed by atoms with van der Waals surface area (Å²) in [5.74, 6) is -0.552. The highest BCUT2D eigenvalue weighted by Crippen LogP contribution is 2.57. The fourth-order valence-corrected chi connectivity index (χ4v) is 6.29. The summed E-state index contributed by atoms with van der Waals surface area (Å²) in [4.78, 5) is 12.7. The van der Waals surface area contributed by atoms with Crippen LogP contribution in [-0.4, -0.2) is 37.4 Å². The summed E-state index contributed by atoms with van der Waals surface area (Å²) < 4.78 is 32.2. The highest BCUT2D eigenvalue weighted by molar-refractivity contribution is 7.92. The molecule has 0 unspecified atom stereocenters. The van der Waals surface area contributed by atoms with Crippen LogP contribution in [0, 0.1) is 0 Å². The summed E-state index contributed by atoms with van der Waals surface area (Å²) >= 11 is 6.13. The van der Waals surface area contributed by atoms with Gasteiger partial charge in [0.25, 0.3) is 0 Å². The van der Waals surface area contributed by atoms with Crippen molar-refractivity contribution in [2.24, 2.45) is 5.73 Å². The number of nitrogens with two attached hydrogens (primary N) is 1. The van der Waals surface area contributed by atoms with E-state index in [0.29, 0.717) is 10.6 Å². The first-order valence-corrected chi connectivity index (χ1v) is 11.2. The van der Waals surface area contributed by atoms with E-state index in [1.54, 1.807) is 63.2 Å². The second kappa shape index (κ2) is 7.63. The minimum atomic E-state index is -3.78. The van der Waals surface area contributed by atoms with Crippen molar-refractivity contribution in [1.29, 1.82) is 0 Å². The lowest BCUT2D eigenvalue weighted by Gasteiger charge is -2.24. The fourth-order valence-electron chi connectivity index (χ4n) is 3.73. The van der Waals surface area contributed by atoms with Crippen molar-refractivity contribution in [1.82, 2.24) is 5.32 Å². The predicted octanol–water partition coefficient (Wildman–Crippen LogP) is 3.50. The molecule has 0 heterocycles. The Hall–Kier alpha value is -2.09. The first-order chi connectivity index (χ1) is 13.5. The zero-order valence-electron chi connectivity index (χ0n) is 16.6. The molecule has 1 fully saturated rings. The van der Waals surface area contributed by atoms with E-state index in [4.69, 9.17) is 22.1 Å². The second-order valence-corrected chi connectivity index (χ2v) is 10.7. The maximum absolute atomic E-state index is 13.4. The molecular formula is C21H25ClN2O4S. The molecule has 1 aliphatic rings. The zero-order valence-corrected chi connectivity index (χ0v) is 18.1. The second-order valence-electron chi connectivity index (χ2n) is 8.18. The molecule has 6 nitrogen and oxygen atoms in total. The van der Waals surface area contributed by atoms with Crippen molar-refractivity contribution >= 4 is 27.5 Å². The smallest absolute Gasteiger partial charge is 0.408 e. The number of sulfone groups is 1. The molecule has 1 saturated carbocycles. The molecular weight excluding hydrogens is 412 g/mol. The van der Waals surface area contributed by atoms with Gasteiger partial charge in [0, 0.05) is 17.5 Å². The molecule has 1 aliphatic carbocycles. The van der Waals surface area contributed by atoms with Crippen molar-refractivity contribution in [3.63, 3.8) is 0 Å². The van der Waals surface area contributed by atoms with Crippen LogP contribution in [-0.2, 0) is 14.6 Å². The summed E-state index contributed by atoms with van der Waals surface area (Å²) in [6, 6.07) is 15.1. The van der Waals surface area contributed by atoms with Gasteiger partial charge in [-0.25, -0.2) is 13.2 Å². The first kappa shape index (κ1) is 21.6. The standard InChI is InChI=1S/C21H25ClN2O4S/c1-20(2,3)28-19(25)24-21(13-23)17(14-8-7-9-15(22)12-14)18(21)29(26,27)16-10-5-4-6-11-16/h4-12,17-18H,13,23H2,1-3H3,(H,24,25)/t17-,18+,21-/m1/s1. The number of carbonyl (C=O) groups excluding carboxylic acids is 1. The summed E-state index contributed by atoms with van der Waals surface area (Å²) in [6.45, 7) is 5.14. The van der Waals surface area contributed by atoms with Crippen molar-refractivity contribution in [3.05, 3.63) is 65.2 Å². The van der Waals surface area contributed by atoms with Gasteiger partial charge in [0.2, 0.25) is 0 Å². The monoisotopic (exact) mass is 436 g/mol. The molecule has 0 bridgehead atoms. The van der Waals surface area contributed by atoms with Crippen molar-refractivity contribution in [2.75, 3.05) is 6.54 Å². The van der Waals surface area contributed by atoms with Gasteiger partial charge in [0.15, 0.2) is 9.84 Å². The molecule has 2 aromatic rings. The highest BCUT2D eigenvalue weighted by Gasteiger charge is 2.71. The molecule has 0 aliphatic heterocycles. The third-order valence-corrected chi connectivity index (χ3v) is 7.47. The maximum atomic E-state index is 13.4. The normalized spacial score (nSPS) is 24.0. The summed E-state index contributed by atoms with van der Waals surface area (Å²) in [5, 5.41) is 2.30. The lowest BCUT2D eigenvalue weighted by atomic mass is 10.1. The Labute approximate surface area is 176 Å². The van der Waals surface area contributed by atoms with Crippen LogP contribution in [0.5, 0.6) is 0 Å². The molecule has 0 spiro atoms. The summed E-state index contributed by atoms with van der Waals surface area (Å²) in [5.41, 5.74) is 4.82. The molecule has 3 N–H and O–H groups in total. The number of hydrogen-bond acceptors (Lipinski definition) is 5. The van der Waals surface area contributed by atoms with E-state index in [9.17, 15) is 13.2 Å². The van der Waals surface area contributed by atoms with E-state index in [1.807, 2.05) is 0 Å². The van der Waals surface area contributed by atoms with Gasteiger partial charge >= 0.3 is 6.09 Å². The van der Waals surface area contributed by atoms with Gasteiger partial charge in [-0.1, -0.05) is 41.9 Å². The predicted molar refractivity (Wildman–Crippen MR) is 113 cm³/mol. The van der Waals surface area contributed by atoms with E-state index in [0.717, 1.165) is 0 Å². The van der Waals surface area contributed by atoms with Gasteiger partial charge in [-0.3, -0.25) is 0 Å². The average molecular weight is 437 g/mol. The van der Waals surface area contributed by atoms with Crippen LogP contribution < -0.4 is 11.1 Å². The van der Waals surface area contributed by atoms with Gasteiger partial charge in [0.1, 0.15) is 10.9 Å². The Bertz CT molecular complexity index is 1000. The number of amides is 1. The Morgan fingerprint density at radius 2 is 1.83 bits per heavy atom. The topological polar surface area (TPSA) is 98.5 Å². The molecule has 29 heavy (non-hydrogen) atoms. The third-order valence-electron chi connectivity index (χ3n) is 4.94. The maximum Gasteiger partial charge on any atom is 0.408 e. The number of nitrogens with one attached hydrogen (secondary N) is 1. The van der Waals surface area contributed by atoms with E-state index < -0.39 is 38.2 Å². The van der Waals surface area contributed by atoms with Crippen LogP contribution >= 0.6 is 11.6 Å². The number of hydrogen-bond donors (Lipinski definition) is 2. The van der Waals surface area contributed by atoms with Gasteiger partial charge < -0.3 is 15.8 Å². The molecule has 3 atom stereocenters. The highest BCUT2D eigenvalue weighted by atomic mass is 35.5. The SMILES string of the molecule is CC(C)(C)OC(=O)N[C@]1(CN)[C@H](c2cccc(Cl)c2)[C@@H]1S(=O)(=O)c1ccccc1. The van der Waals surface area contributed by atoms with E-state index in [1.165, 1.54) is 12.1 Å². The lowest BCUT2D eigenvalue weighted by molar-refractivity contribution is 0.0497. The number of rotatable bonds is 5. The van der Waals surface area contributed by atoms with Gasteiger partial charge in [-0.15, -0.1) is 0 Å². The van der Waals surface area contributed by atoms with E-state index in [-0.39, 0.29) is 11.4 Å². The lowest BCUT2D eigenvalue weighted by Crippen LogP contribution is -2.49. The number of alkyl carbamates (subject to hydrolysis) is 1. The average Bonchev–Trinajstić information content (AvgIpc) is 3.30. The van der Waals surface area contributed by atoms with Crippen LogP contribution in [0.1, 0.15) is 32.3 Å². The van der Waals surface area contributed by atoms with Crippen LogP contribution in [0.3, 0.4) is 0 Å². The van der Waals surface area contributed by atoms with Crippen LogP contribution in [0.4, 0.5) is 4.79 Å². The first-order valence-electron chi connectivity index (χ1n) is 9.27. The van der Waals surface area contributed by atoms with Crippen molar-refractivity contribution < 1.29 is 17.9 Å². The van der Waals surface area contributed by atoms with E-state index in [2.05, 4.69) is 5.32 Å². The molecule has 3 rings (SSSR count). The third kappa shape index (κ3) is 4.27. The number of benzene rings is 2. The van der Waals surface area contributed by atoms with Crippen molar-refractivity contribution in [3.8, 4) is 0 Å². The van der Waals surface area contributed by atoms with Gasteiger partial charge in [-0.05, 0) is 50.6 Å². The Morgan fingerprint density at radius 1 is 1.17 bits per heavy atom. The van der Waals surface area contributed by atoms with Gasteiger partial charge in [-0.2, -0.15) is 0 Å². The summed E-state index contributed by atoms with van der Waals surface area (Å²) in [6.07, 6.45) is -0.708.